The van der Waals surface area contributed by atoms with Gasteiger partial charge in [-0.25, -0.2) is 4.79 Å². The Balaban J connectivity index is 1.99. The van der Waals surface area contributed by atoms with Gasteiger partial charge in [0.2, 0.25) is 0 Å². The van der Waals surface area contributed by atoms with Gasteiger partial charge in [0, 0.05) is 38.0 Å². The van der Waals surface area contributed by atoms with Gasteiger partial charge in [-0.2, -0.15) is 5.10 Å². The van der Waals surface area contributed by atoms with Crippen LogP contribution < -0.4 is 4.74 Å². The summed E-state index contributed by atoms with van der Waals surface area (Å²) < 4.78 is 12.4. The van der Waals surface area contributed by atoms with Crippen molar-refractivity contribution >= 4 is 17.4 Å². The number of nitrogens with zero attached hydrogens (tertiary/aromatic N) is 4. The molecule has 2 aromatic rings. The lowest BCUT2D eigenvalue weighted by molar-refractivity contribution is -0.385. The van der Waals surface area contributed by atoms with Crippen LogP contribution in [0.1, 0.15) is 32.8 Å². The summed E-state index contributed by atoms with van der Waals surface area (Å²) in [4.78, 5) is 25.0. The van der Waals surface area contributed by atoms with Crippen LogP contribution in [-0.2, 0) is 11.8 Å². The van der Waals surface area contributed by atoms with E-state index < -0.39 is 10.5 Å². The fourth-order valence-corrected chi connectivity index (χ4v) is 3.35. The van der Waals surface area contributed by atoms with E-state index in [1.165, 1.54) is 13.2 Å². The number of aromatic nitrogens is 2. The zero-order valence-corrected chi connectivity index (χ0v) is 17.8. The van der Waals surface area contributed by atoms with Crippen LogP contribution in [0, 0.1) is 10.1 Å². The van der Waals surface area contributed by atoms with E-state index in [1.54, 1.807) is 28.9 Å². The van der Waals surface area contributed by atoms with Crippen molar-refractivity contribution in [2.24, 2.45) is 7.05 Å². The molecule has 0 saturated carbocycles. The van der Waals surface area contributed by atoms with E-state index in [9.17, 15) is 14.9 Å². The highest BCUT2D eigenvalue weighted by Gasteiger charge is 2.27. The van der Waals surface area contributed by atoms with Crippen molar-refractivity contribution in [3.63, 3.8) is 0 Å². The Morgan fingerprint density at radius 1 is 1.27 bits per heavy atom. The van der Waals surface area contributed by atoms with Gasteiger partial charge in [0.05, 0.1) is 18.2 Å². The number of carbonyl (C=O) groups excluding carboxylic acids is 1. The molecule has 9 nitrogen and oxygen atoms in total. The molecule has 0 spiro atoms. The van der Waals surface area contributed by atoms with Crippen molar-refractivity contribution < 1.29 is 19.2 Å². The monoisotopic (exact) mass is 414 g/mol. The molecule has 0 bridgehead atoms. The van der Waals surface area contributed by atoms with Gasteiger partial charge in [0.1, 0.15) is 5.60 Å². The number of methoxy groups -OCH3 is 1. The van der Waals surface area contributed by atoms with Crippen LogP contribution >= 0.6 is 0 Å². The van der Waals surface area contributed by atoms with Crippen molar-refractivity contribution in [2.45, 2.75) is 32.8 Å². The van der Waals surface area contributed by atoms with Gasteiger partial charge in [0.25, 0.3) is 0 Å². The van der Waals surface area contributed by atoms with Crippen molar-refractivity contribution in [2.75, 3.05) is 20.2 Å². The van der Waals surface area contributed by atoms with E-state index in [-0.39, 0.29) is 17.5 Å². The van der Waals surface area contributed by atoms with Crippen LogP contribution in [0.5, 0.6) is 5.75 Å². The minimum absolute atomic E-state index is 0.105. The van der Waals surface area contributed by atoms with Crippen LogP contribution in [0.3, 0.4) is 0 Å². The van der Waals surface area contributed by atoms with Gasteiger partial charge < -0.3 is 14.4 Å². The number of ether oxygens (including phenoxy) is 2. The highest BCUT2D eigenvalue weighted by Crippen LogP contribution is 2.40. The average Bonchev–Trinajstić information content (AvgIpc) is 3.11. The fraction of sp³-hybridized carbons (Fsp3) is 0.429. The first kappa shape index (κ1) is 21.4. The highest BCUT2D eigenvalue weighted by atomic mass is 16.6. The van der Waals surface area contributed by atoms with Crippen LogP contribution in [0.4, 0.5) is 10.5 Å². The van der Waals surface area contributed by atoms with Crippen molar-refractivity contribution in [3.8, 4) is 16.9 Å². The Morgan fingerprint density at radius 2 is 2.00 bits per heavy atom. The molecule has 0 N–H and O–H groups in total. The third kappa shape index (κ3) is 4.61. The molecule has 1 aliphatic heterocycles. The second kappa shape index (κ2) is 8.17. The number of hydrogen-bond donors (Lipinski definition) is 0. The van der Waals surface area contributed by atoms with Gasteiger partial charge in [0.15, 0.2) is 5.75 Å². The zero-order valence-electron chi connectivity index (χ0n) is 17.8. The van der Waals surface area contributed by atoms with Crippen molar-refractivity contribution in [1.29, 1.82) is 0 Å². The van der Waals surface area contributed by atoms with Crippen molar-refractivity contribution in [3.05, 3.63) is 46.3 Å². The summed E-state index contributed by atoms with van der Waals surface area (Å²) in [6, 6.07) is 3.21. The van der Waals surface area contributed by atoms with E-state index in [4.69, 9.17) is 9.47 Å². The topological polar surface area (TPSA) is 99.7 Å². The minimum Gasteiger partial charge on any atom is -0.490 e. The minimum atomic E-state index is -0.555. The number of carbonyl (C=O) groups is 1. The quantitative estimate of drug-likeness (QED) is 0.553. The predicted molar refractivity (Wildman–Crippen MR) is 112 cm³/mol. The second-order valence-corrected chi connectivity index (χ2v) is 8.14. The molecule has 0 atom stereocenters. The third-order valence-electron chi connectivity index (χ3n) is 4.74. The molecular weight excluding hydrogens is 388 g/mol. The second-order valence-electron chi connectivity index (χ2n) is 8.14. The molecule has 0 saturated heterocycles. The molecule has 9 heteroatoms. The molecule has 1 aliphatic rings. The Bertz CT molecular complexity index is 1000. The van der Waals surface area contributed by atoms with E-state index in [1.807, 2.05) is 33.0 Å². The summed E-state index contributed by atoms with van der Waals surface area (Å²) >= 11 is 0. The van der Waals surface area contributed by atoms with Crippen LogP contribution in [-0.4, -0.2) is 51.5 Å². The maximum absolute atomic E-state index is 12.3. The molecule has 0 fully saturated rings. The largest absolute Gasteiger partial charge is 0.490 e. The van der Waals surface area contributed by atoms with Gasteiger partial charge in [-0.3, -0.25) is 14.8 Å². The normalized spacial score (nSPS) is 14.3. The van der Waals surface area contributed by atoms with E-state index in [0.29, 0.717) is 25.1 Å². The van der Waals surface area contributed by atoms with Gasteiger partial charge in [-0.15, -0.1) is 0 Å². The first-order valence-electron chi connectivity index (χ1n) is 9.62. The van der Waals surface area contributed by atoms with Crippen LogP contribution in [0.2, 0.25) is 0 Å². The van der Waals surface area contributed by atoms with Gasteiger partial charge in [-0.1, -0.05) is 6.08 Å². The maximum Gasteiger partial charge on any atom is 0.410 e. The third-order valence-corrected chi connectivity index (χ3v) is 4.74. The summed E-state index contributed by atoms with van der Waals surface area (Å²) in [5, 5.41) is 15.7. The smallest absolute Gasteiger partial charge is 0.410 e. The number of benzene rings is 1. The molecule has 1 aromatic heterocycles. The standard InChI is InChI=1S/C21H26N4O5/c1-21(2,3)30-20(26)24-8-6-14(7-9-24)17-11-19(29-5)18(25(27)28)10-16(17)15-12-22-23(4)13-15/h6,10-13H,7-9H2,1-5H3. The lowest BCUT2D eigenvalue weighted by Gasteiger charge is -2.30. The number of hydrogen-bond acceptors (Lipinski definition) is 6. The van der Waals surface area contributed by atoms with Crippen LogP contribution in [0.15, 0.2) is 30.6 Å². The number of rotatable bonds is 4. The van der Waals surface area contributed by atoms with E-state index >= 15 is 0 Å². The highest BCUT2D eigenvalue weighted by molar-refractivity contribution is 5.85. The fourth-order valence-electron chi connectivity index (χ4n) is 3.35. The van der Waals surface area contributed by atoms with Gasteiger partial charge in [-0.05, 0) is 50.0 Å². The van der Waals surface area contributed by atoms with E-state index in [0.717, 1.165) is 16.7 Å². The lowest BCUT2D eigenvalue weighted by Crippen LogP contribution is -2.39. The Hall–Kier alpha value is -3.36. The zero-order chi connectivity index (χ0) is 22.1. The molecular formula is C21H26N4O5. The average molecular weight is 414 g/mol. The Morgan fingerprint density at radius 3 is 2.50 bits per heavy atom. The molecule has 2 heterocycles. The number of amides is 1. The Kier molecular flexibility index (Phi) is 5.82. The summed E-state index contributed by atoms with van der Waals surface area (Å²) in [5.74, 6) is 0.193. The molecule has 3 rings (SSSR count). The molecule has 0 unspecified atom stereocenters. The Labute approximate surface area is 175 Å². The predicted octanol–water partition coefficient (Wildman–Crippen LogP) is 4.03. The summed E-state index contributed by atoms with van der Waals surface area (Å²) in [6.07, 6.45) is 5.67. The summed E-state index contributed by atoms with van der Waals surface area (Å²) in [7, 11) is 3.20. The first-order chi connectivity index (χ1) is 14.1. The molecule has 160 valence electrons. The summed E-state index contributed by atoms with van der Waals surface area (Å²) in [6.45, 7) is 6.39. The number of aryl methyl sites for hydroxylation is 1. The van der Waals surface area contributed by atoms with Crippen molar-refractivity contribution in [1.82, 2.24) is 14.7 Å². The molecule has 1 aromatic carbocycles. The molecule has 0 radical (unpaired) electrons. The lowest BCUT2D eigenvalue weighted by atomic mass is 9.91. The first-order valence-corrected chi connectivity index (χ1v) is 9.62. The molecule has 30 heavy (non-hydrogen) atoms. The molecule has 1 amide bonds. The number of nitro groups is 1. The molecule has 0 aliphatic carbocycles. The maximum atomic E-state index is 12.3. The SMILES string of the molecule is COc1cc(C2=CCN(C(=O)OC(C)(C)C)CC2)c(-c2cnn(C)c2)cc1[N+](=O)[O-]. The van der Waals surface area contributed by atoms with Gasteiger partial charge >= 0.3 is 11.8 Å². The summed E-state index contributed by atoms with van der Waals surface area (Å²) in [5.41, 5.74) is 2.63. The number of nitro benzene ring substituents is 1. The van der Waals surface area contributed by atoms with E-state index in [2.05, 4.69) is 5.10 Å². The van der Waals surface area contributed by atoms with Crippen LogP contribution in [0.25, 0.3) is 16.7 Å².